The average molecular weight is 335 g/mol. The van der Waals surface area contributed by atoms with Gasteiger partial charge in [0, 0.05) is 12.2 Å². The third-order valence-electron chi connectivity index (χ3n) is 3.77. The van der Waals surface area contributed by atoms with Gasteiger partial charge >= 0.3 is 0 Å². The van der Waals surface area contributed by atoms with Crippen LogP contribution in [0.3, 0.4) is 0 Å². The molecule has 1 N–H and O–H groups in total. The molecule has 0 unspecified atom stereocenters. The van der Waals surface area contributed by atoms with Crippen molar-refractivity contribution < 1.29 is 9.53 Å². The number of aryl methyl sites for hydroxylation is 3. The number of amides is 1. The molecule has 0 bridgehead atoms. The Morgan fingerprint density at radius 3 is 2.52 bits per heavy atom. The second-order valence-electron chi connectivity index (χ2n) is 5.88. The zero-order chi connectivity index (χ0) is 17.8. The molecule has 0 atom stereocenters. The summed E-state index contributed by atoms with van der Waals surface area (Å²) in [5.74, 6) is 1.34. The van der Waals surface area contributed by atoms with Crippen molar-refractivity contribution >= 4 is 11.6 Å². The van der Waals surface area contributed by atoms with Crippen LogP contribution in [0.1, 0.15) is 28.7 Å². The highest BCUT2D eigenvalue weighted by Crippen LogP contribution is 2.24. The fourth-order valence-electron chi connectivity index (χ4n) is 2.59. The number of nitrogens with one attached hydrogen (secondary N) is 1. The van der Waals surface area contributed by atoms with E-state index in [-0.39, 0.29) is 5.91 Å². The van der Waals surface area contributed by atoms with Gasteiger partial charge in [-0.15, -0.1) is 0 Å². The Labute approximate surface area is 147 Å². The molecule has 5 nitrogen and oxygen atoms in total. The molecule has 5 heteroatoms. The Morgan fingerprint density at radius 2 is 1.84 bits per heavy atom. The third kappa shape index (κ3) is 4.07. The standard InChI is InChI=1S/C20H21N3O2/c1-4-23-19(13-15(3)22-23)20(24)21-16-8-10-17(11-9-16)25-18-7-5-6-14(2)12-18/h5-13H,4H2,1-3H3,(H,21,24). The number of benzene rings is 2. The second kappa shape index (κ2) is 7.21. The molecule has 128 valence electrons. The van der Waals surface area contributed by atoms with Crippen LogP contribution in [0, 0.1) is 13.8 Å². The maximum atomic E-state index is 12.4. The van der Waals surface area contributed by atoms with Gasteiger partial charge in [-0.3, -0.25) is 9.48 Å². The Balaban J connectivity index is 1.69. The van der Waals surface area contributed by atoms with Crippen molar-refractivity contribution in [2.45, 2.75) is 27.3 Å². The molecule has 0 saturated carbocycles. The molecule has 0 aliphatic rings. The Kier molecular flexibility index (Phi) is 4.84. The molecule has 0 saturated heterocycles. The van der Waals surface area contributed by atoms with Crippen LogP contribution in [0.15, 0.2) is 54.6 Å². The first kappa shape index (κ1) is 16.8. The van der Waals surface area contributed by atoms with Crippen LogP contribution in [0.2, 0.25) is 0 Å². The third-order valence-corrected chi connectivity index (χ3v) is 3.77. The molecule has 1 heterocycles. The molecule has 0 aliphatic carbocycles. The minimum absolute atomic E-state index is 0.171. The van der Waals surface area contributed by atoms with Gasteiger partial charge in [-0.05, 0) is 68.8 Å². The minimum Gasteiger partial charge on any atom is -0.457 e. The van der Waals surface area contributed by atoms with Gasteiger partial charge in [-0.1, -0.05) is 12.1 Å². The predicted molar refractivity (Wildman–Crippen MR) is 98.3 cm³/mol. The van der Waals surface area contributed by atoms with E-state index in [1.807, 2.05) is 69.3 Å². The number of ether oxygens (including phenoxy) is 1. The SMILES string of the molecule is CCn1nc(C)cc1C(=O)Nc1ccc(Oc2cccc(C)c2)cc1. The molecule has 1 amide bonds. The van der Waals surface area contributed by atoms with Gasteiger partial charge < -0.3 is 10.1 Å². The van der Waals surface area contributed by atoms with Crippen LogP contribution in [0.25, 0.3) is 0 Å². The summed E-state index contributed by atoms with van der Waals surface area (Å²) in [6, 6.07) is 17.0. The van der Waals surface area contributed by atoms with Crippen LogP contribution in [-0.2, 0) is 6.54 Å². The fourth-order valence-corrected chi connectivity index (χ4v) is 2.59. The Morgan fingerprint density at radius 1 is 1.08 bits per heavy atom. The normalized spacial score (nSPS) is 10.5. The highest BCUT2D eigenvalue weighted by molar-refractivity contribution is 6.03. The fraction of sp³-hybridized carbons (Fsp3) is 0.200. The lowest BCUT2D eigenvalue weighted by Gasteiger charge is -2.09. The molecule has 0 aliphatic heterocycles. The van der Waals surface area contributed by atoms with Crippen LogP contribution in [0.5, 0.6) is 11.5 Å². The van der Waals surface area contributed by atoms with Gasteiger partial charge in [0.1, 0.15) is 17.2 Å². The van der Waals surface area contributed by atoms with Crippen LogP contribution in [0.4, 0.5) is 5.69 Å². The summed E-state index contributed by atoms with van der Waals surface area (Å²) < 4.78 is 7.51. The van der Waals surface area contributed by atoms with Crippen molar-refractivity contribution in [2.24, 2.45) is 0 Å². The smallest absolute Gasteiger partial charge is 0.273 e. The maximum Gasteiger partial charge on any atom is 0.273 e. The summed E-state index contributed by atoms with van der Waals surface area (Å²) in [7, 11) is 0. The van der Waals surface area contributed by atoms with Crippen molar-refractivity contribution in [3.8, 4) is 11.5 Å². The number of rotatable bonds is 5. The highest BCUT2D eigenvalue weighted by atomic mass is 16.5. The first-order valence-corrected chi connectivity index (χ1v) is 8.25. The van der Waals surface area contributed by atoms with Crippen molar-refractivity contribution in [3.63, 3.8) is 0 Å². The van der Waals surface area contributed by atoms with Crippen molar-refractivity contribution in [1.82, 2.24) is 9.78 Å². The second-order valence-corrected chi connectivity index (χ2v) is 5.88. The topological polar surface area (TPSA) is 56.2 Å². The molecule has 1 aromatic heterocycles. The lowest BCUT2D eigenvalue weighted by atomic mass is 10.2. The van der Waals surface area contributed by atoms with E-state index in [0.29, 0.717) is 17.9 Å². The van der Waals surface area contributed by atoms with E-state index in [2.05, 4.69) is 10.4 Å². The van der Waals surface area contributed by atoms with Crippen molar-refractivity contribution in [3.05, 3.63) is 71.5 Å². The zero-order valence-electron chi connectivity index (χ0n) is 14.6. The van der Waals surface area contributed by atoms with Gasteiger partial charge in [0.15, 0.2) is 0 Å². The molecule has 0 spiro atoms. The zero-order valence-corrected chi connectivity index (χ0v) is 14.6. The Hall–Kier alpha value is -3.08. The van der Waals surface area contributed by atoms with E-state index >= 15 is 0 Å². The summed E-state index contributed by atoms with van der Waals surface area (Å²) in [5.41, 5.74) is 3.24. The number of nitrogens with zero attached hydrogens (tertiary/aromatic N) is 2. The molecule has 25 heavy (non-hydrogen) atoms. The van der Waals surface area contributed by atoms with E-state index < -0.39 is 0 Å². The number of hydrogen-bond acceptors (Lipinski definition) is 3. The monoisotopic (exact) mass is 335 g/mol. The number of anilines is 1. The van der Waals surface area contributed by atoms with Gasteiger partial charge in [0.05, 0.1) is 5.69 Å². The van der Waals surface area contributed by atoms with E-state index in [1.165, 1.54) is 0 Å². The minimum atomic E-state index is -0.171. The quantitative estimate of drug-likeness (QED) is 0.743. The maximum absolute atomic E-state index is 12.4. The molecular weight excluding hydrogens is 314 g/mol. The van der Waals surface area contributed by atoms with Crippen molar-refractivity contribution in [1.29, 1.82) is 0 Å². The molecular formula is C20H21N3O2. The van der Waals surface area contributed by atoms with Gasteiger partial charge in [0.2, 0.25) is 0 Å². The van der Waals surface area contributed by atoms with E-state index in [1.54, 1.807) is 10.7 Å². The number of carbonyl (C=O) groups is 1. The molecule has 3 rings (SSSR count). The van der Waals surface area contributed by atoms with E-state index in [0.717, 1.165) is 22.8 Å². The van der Waals surface area contributed by atoms with E-state index in [9.17, 15) is 4.79 Å². The summed E-state index contributed by atoms with van der Waals surface area (Å²) >= 11 is 0. The average Bonchev–Trinajstić information content (AvgIpc) is 2.98. The van der Waals surface area contributed by atoms with Crippen LogP contribution < -0.4 is 10.1 Å². The van der Waals surface area contributed by atoms with Crippen LogP contribution in [-0.4, -0.2) is 15.7 Å². The lowest BCUT2D eigenvalue weighted by molar-refractivity contribution is 0.101. The Bertz CT molecular complexity index is 882. The van der Waals surface area contributed by atoms with Crippen LogP contribution >= 0.6 is 0 Å². The summed E-state index contributed by atoms with van der Waals surface area (Å²) in [5, 5.41) is 7.19. The molecule has 0 radical (unpaired) electrons. The van der Waals surface area contributed by atoms with Gasteiger partial charge in [-0.25, -0.2) is 0 Å². The van der Waals surface area contributed by atoms with E-state index in [4.69, 9.17) is 4.74 Å². The van der Waals surface area contributed by atoms with Gasteiger partial charge in [-0.2, -0.15) is 5.10 Å². The molecule has 3 aromatic rings. The molecule has 0 fully saturated rings. The summed E-state index contributed by atoms with van der Waals surface area (Å²) in [6.07, 6.45) is 0. The predicted octanol–water partition coefficient (Wildman–Crippen LogP) is 4.56. The highest BCUT2D eigenvalue weighted by Gasteiger charge is 2.13. The number of hydrogen-bond donors (Lipinski definition) is 1. The summed E-state index contributed by atoms with van der Waals surface area (Å²) in [4.78, 5) is 12.4. The van der Waals surface area contributed by atoms with Crippen molar-refractivity contribution in [2.75, 3.05) is 5.32 Å². The van der Waals surface area contributed by atoms with Gasteiger partial charge in [0.25, 0.3) is 5.91 Å². The molecule has 2 aromatic carbocycles. The number of carbonyl (C=O) groups excluding carboxylic acids is 1. The first-order chi connectivity index (χ1) is 12.0. The summed E-state index contributed by atoms with van der Waals surface area (Å²) in [6.45, 7) is 6.51. The lowest BCUT2D eigenvalue weighted by Crippen LogP contribution is -2.17. The largest absolute Gasteiger partial charge is 0.457 e. The first-order valence-electron chi connectivity index (χ1n) is 8.25. The number of aromatic nitrogens is 2.